The fourth-order valence-corrected chi connectivity index (χ4v) is 5.06. The van der Waals surface area contributed by atoms with Crippen LogP contribution in [0, 0.1) is 0 Å². The molecule has 2 aliphatic rings. The lowest BCUT2D eigenvalue weighted by atomic mass is 9.86. The van der Waals surface area contributed by atoms with Crippen molar-refractivity contribution in [1.29, 1.82) is 0 Å². The summed E-state index contributed by atoms with van der Waals surface area (Å²) in [7, 11) is 1.32. The number of hydrogen-bond acceptors (Lipinski definition) is 7. The molecule has 3 aromatic rings. The molecule has 4 atom stereocenters. The molecule has 0 unspecified atom stereocenters. The number of carbonyl (C=O) groups is 1. The third-order valence-corrected chi connectivity index (χ3v) is 6.42. The van der Waals surface area contributed by atoms with Crippen LogP contribution in [0.2, 0.25) is 5.15 Å². The number of benzene rings is 1. The van der Waals surface area contributed by atoms with Gasteiger partial charge in [0.2, 0.25) is 0 Å². The van der Waals surface area contributed by atoms with E-state index in [-0.39, 0.29) is 12.5 Å². The van der Waals surface area contributed by atoms with Crippen molar-refractivity contribution in [2.45, 2.75) is 49.9 Å². The van der Waals surface area contributed by atoms with Gasteiger partial charge in [-0.15, -0.1) is 0 Å². The number of methoxy groups -OCH3 is 1. The molecule has 1 N–H and O–H groups in total. The fourth-order valence-electron chi connectivity index (χ4n) is 4.87. The Bertz CT molecular complexity index is 1180. The molecule has 0 radical (unpaired) electrons. The number of esters is 1. The first kappa shape index (κ1) is 20.4. The summed E-state index contributed by atoms with van der Waals surface area (Å²) in [5.41, 5.74) is -0.100. The van der Waals surface area contributed by atoms with Gasteiger partial charge in [0.1, 0.15) is 34.9 Å². The molecule has 1 aromatic carbocycles. The number of nitrogens with zero attached hydrogens (tertiary/aromatic N) is 3. The van der Waals surface area contributed by atoms with Gasteiger partial charge in [-0.1, -0.05) is 29.8 Å². The van der Waals surface area contributed by atoms with E-state index in [2.05, 4.69) is 9.97 Å². The minimum atomic E-state index is -1.48. The second-order valence-corrected chi connectivity index (χ2v) is 8.74. The summed E-state index contributed by atoms with van der Waals surface area (Å²) in [5.74, 6) is -1.43. The summed E-state index contributed by atoms with van der Waals surface area (Å²) in [6, 6.07) is 8.41. The molecule has 0 spiro atoms. The van der Waals surface area contributed by atoms with Crippen LogP contribution >= 0.6 is 11.6 Å². The average molecular weight is 444 g/mol. The molecule has 1 aliphatic heterocycles. The van der Waals surface area contributed by atoms with Crippen molar-refractivity contribution in [3.63, 3.8) is 0 Å². The number of halogens is 1. The normalized spacial score (nSPS) is 29.3. The molecule has 3 heterocycles. The molecule has 0 amide bonds. The van der Waals surface area contributed by atoms with E-state index in [4.69, 9.17) is 25.8 Å². The minimum absolute atomic E-state index is 0.248. The number of aromatic nitrogens is 3. The smallest absolute Gasteiger partial charge is 0.338 e. The highest BCUT2D eigenvalue weighted by Crippen LogP contribution is 2.54. The van der Waals surface area contributed by atoms with Gasteiger partial charge in [-0.05, 0) is 26.0 Å². The highest BCUT2D eigenvalue weighted by atomic mass is 35.5. The van der Waals surface area contributed by atoms with Gasteiger partial charge in [0, 0.05) is 18.2 Å². The van der Waals surface area contributed by atoms with Gasteiger partial charge in [-0.2, -0.15) is 0 Å². The Morgan fingerprint density at radius 3 is 2.81 bits per heavy atom. The summed E-state index contributed by atoms with van der Waals surface area (Å²) in [6.07, 6.45) is 2.34. The van der Waals surface area contributed by atoms with E-state index in [1.807, 2.05) is 30.7 Å². The molecule has 1 saturated heterocycles. The standard InChI is InChI=1S/C22H22ClN3O5/c1-21(2)30-16-15(26-9-8-13-18(23)24-11-25-19(13)26)10-22(28,17(16)31-21)14-7-5-4-6-12(14)20(27)29-3/h4-9,11,15-17,28H,10H2,1-3H3/t15-,16+,17+,22-/m1/s1. The van der Waals surface area contributed by atoms with E-state index >= 15 is 0 Å². The van der Waals surface area contributed by atoms with Crippen molar-refractivity contribution < 1.29 is 24.1 Å². The van der Waals surface area contributed by atoms with Crippen LogP contribution in [0.15, 0.2) is 42.9 Å². The monoisotopic (exact) mass is 443 g/mol. The van der Waals surface area contributed by atoms with Crippen LogP contribution in [0.25, 0.3) is 11.0 Å². The van der Waals surface area contributed by atoms with Crippen LogP contribution < -0.4 is 0 Å². The number of rotatable bonds is 3. The van der Waals surface area contributed by atoms with Crippen molar-refractivity contribution in [2.75, 3.05) is 7.11 Å². The molecular formula is C22H22ClN3O5. The second-order valence-electron chi connectivity index (χ2n) is 8.38. The molecule has 2 aromatic heterocycles. The lowest BCUT2D eigenvalue weighted by Gasteiger charge is -2.32. The maximum absolute atomic E-state index is 12.4. The van der Waals surface area contributed by atoms with Gasteiger partial charge in [-0.3, -0.25) is 0 Å². The third kappa shape index (κ3) is 3.05. The van der Waals surface area contributed by atoms with E-state index < -0.39 is 29.6 Å². The van der Waals surface area contributed by atoms with Crippen LogP contribution in [0.4, 0.5) is 0 Å². The minimum Gasteiger partial charge on any atom is -0.465 e. The highest BCUT2D eigenvalue weighted by molar-refractivity contribution is 6.33. The van der Waals surface area contributed by atoms with Gasteiger partial charge in [0.05, 0.1) is 24.1 Å². The maximum Gasteiger partial charge on any atom is 0.338 e. The fraction of sp³-hybridized carbons (Fsp3) is 0.409. The van der Waals surface area contributed by atoms with Crippen LogP contribution in [-0.2, 0) is 19.8 Å². The zero-order chi connectivity index (χ0) is 22.0. The predicted molar refractivity (Wildman–Crippen MR) is 112 cm³/mol. The second kappa shape index (κ2) is 7.00. The molecule has 1 saturated carbocycles. The van der Waals surface area contributed by atoms with Crippen LogP contribution in [0.3, 0.4) is 0 Å². The van der Waals surface area contributed by atoms with Gasteiger partial charge in [0.25, 0.3) is 0 Å². The summed E-state index contributed by atoms with van der Waals surface area (Å²) in [5, 5.41) is 13.1. The summed E-state index contributed by atoms with van der Waals surface area (Å²) < 4.78 is 19.3. The summed E-state index contributed by atoms with van der Waals surface area (Å²) in [6.45, 7) is 3.61. The first-order valence-corrected chi connectivity index (χ1v) is 10.4. The van der Waals surface area contributed by atoms with Crippen LogP contribution in [0.1, 0.15) is 42.2 Å². The Kier molecular flexibility index (Phi) is 4.60. The molecule has 9 heteroatoms. The highest BCUT2D eigenvalue weighted by Gasteiger charge is 2.63. The largest absolute Gasteiger partial charge is 0.465 e. The van der Waals surface area contributed by atoms with E-state index in [0.29, 0.717) is 27.3 Å². The SMILES string of the molecule is COC(=O)c1ccccc1[C@]1(O)C[C@@H](n2ccc3c(Cl)ncnc32)[C@@H]2OC(C)(C)O[C@@H]21. The zero-order valence-corrected chi connectivity index (χ0v) is 18.0. The first-order valence-electron chi connectivity index (χ1n) is 9.98. The predicted octanol–water partition coefficient (Wildman–Crippen LogP) is 3.22. The maximum atomic E-state index is 12.4. The topological polar surface area (TPSA) is 95.7 Å². The molecule has 162 valence electrons. The van der Waals surface area contributed by atoms with Crippen molar-refractivity contribution in [3.8, 4) is 0 Å². The van der Waals surface area contributed by atoms with Crippen molar-refractivity contribution in [3.05, 3.63) is 59.1 Å². The lowest BCUT2D eigenvalue weighted by molar-refractivity contribution is -0.183. The molecular weight excluding hydrogens is 422 g/mol. The quantitative estimate of drug-likeness (QED) is 0.490. The summed E-state index contributed by atoms with van der Waals surface area (Å²) in [4.78, 5) is 20.9. The van der Waals surface area contributed by atoms with Gasteiger partial charge in [0.15, 0.2) is 5.79 Å². The Hall–Kier alpha value is -2.52. The zero-order valence-electron chi connectivity index (χ0n) is 17.3. The third-order valence-electron chi connectivity index (χ3n) is 6.12. The van der Waals surface area contributed by atoms with Gasteiger partial charge < -0.3 is 23.9 Å². The molecule has 1 aliphatic carbocycles. The Balaban J connectivity index is 1.66. The van der Waals surface area contributed by atoms with Crippen molar-refractivity contribution in [1.82, 2.24) is 14.5 Å². The van der Waals surface area contributed by atoms with Crippen LogP contribution in [0.5, 0.6) is 0 Å². The van der Waals surface area contributed by atoms with E-state index in [1.165, 1.54) is 13.4 Å². The molecule has 5 rings (SSSR count). The van der Waals surface area contributed by atoms with Crippen molar-refractivity contribution in [2.24, 2.45) is 0 Å². The Labute approximate surface area is 183 Å². The van der Waals surface area contributed by atoms with Gasteiger partial charge >= 0.3 is 5.97 Å². The van der Waals surface area contributed by atoms with Crippen LogP contribution in [-0.4, -0.2) is 50.7 Å². The number of aliphatic hydroxyl groups is 1. The van der Waals surface area contributed by atoms with E-state index in [9.17, 15) is 9.90 Å². The first-order chi connectivity index (χ1) is 14.7. The van der Waals surface area contributed by atoms with Gasteiger partial charge in [-0.25, -0.2) is 14.8 Å². The Morgan fingerprint density at radius 1 is 1.26 bits per heavy atom. The Morgan fingerprint density at radius 2 is 2.03 bits per heavy atom. The van der Waals surface area contributed by atoms with E-state index in [0.717, 1.165) is 0 Å². The van der Waals surface area contributed by atoms with Crippen molar-refractivity contribution >= 4 is 28.6 Å². The number of hydrogen-bond donors (Lipinski definition) is 1. The number of ether oxygens (including phenoxy) is 3. The van der Waals surface area contributed by atoms with E-state index in [1.54, 1.807) is 24.3 Å². The summed E-state index contributed by atoms with van der Waals surface area (Å²) >= 11 is 6.24. The molecule has 2 fully saturated rings. The molecule has 8 nitrogen and oxygen atoms in total. The number of carbonyl (C=O) groups excluding carboxylic acids is 1. The average Bonchev–Trinajstić information content (AvgIpc) is 3.39. The molecule has 0 bridgehead atoms. The molecule has 31 heavy (non-hydrogen) atoms. The lowest BCUT2D eigenvalue weighted by Crippen LogP contribution is -2.40. The number of fused-ring (bicyclic) bond motifs is 2.